The molecule has 0 bridgehead atoms. The molecule has 2 aromatic rings. The molecule has 0 aliphatic rings. The Kier molecular flexibility index (Phi) is 3.86. The van der Waals surface area contributed by atoms with Gasteiger partial charge in [0.1, 0.15) is 0 Å². The first-order chi connectivity index (χ1) is 8.79. The van der Waals surface area contributed by atoms with Gasteiger partial charge < -0.3 is 4.74 Å². The second kappa shape index (κ2) is 5.77. The number of rotatable bonds is 3. The van der Waals surface area contributed by atoms with E-state index < -0.39 is 6.09 Å². The van der Waals surface area contributed by atoms with Crippen LogP contribution in [0, 0.1) is 0 Å². The fraction of sp³-hybridized carbons (Fsp3) is 0.154. The molecule has 18 heavy (non-hydrogen) atoms. The van der Waals surface area contributed by atoms with Crippen molar-refractivity contribution >= 4 is 11.9 Å². The van der Waals surface area contributed by atoms with E-state index in [1.165, 1.54) is 0 Å². The molecule has 92 valence electrons. The van der Waals surface area contributed by atoms with Gasteiger partial charge in [-0.2, -0.15) is 0 Å². The smallest absolute Gasteiger partial charge is 0.412 e. The molecule has 0 spiro atoms. The number of nitrogens with one attached hydrogen (secondary N) is 1. The molecule has 1 amide bonds. The minimum Gasteiger partial charge on any atom is -0.450 e. The van der Waals surface area contributed by atoms with Gasteiger partial charge in [-0.05, 0) is 19.1 Å². The number of carbonyl (C=O) groups excluding carboxylic acids is 1. The van der Waals surface area contributed by atoms with Crippen LogP contribution in [0.3, 0.4) is 0 Å². The number of anilines is 1. The minimum atomic E-state index is -0.528. The van der Waals surface area contributed by atoms with Gasteiger partial charge in [-0.15, -0.1) is 10.2 Å². The van der Waals surface area contributed by atoms with Crippen LogP contribution in [-0.4, -0.2) is 22.9 Å². The molecule has 0 atom stereocenters. The second-order valence-electron chi connectivity index (χ2n) is 3.52. The summed E-state index contributed by atoms with van der Waals surface area (Å²) in [6.07, 6.45) is -0.528. The van der Waals surface area contributed by atoms with E-state index in [9.17, 15) is 4.79 Å². The van der Waals surface area contributed by atoms with Gasteiger partial charge in [0, 0.05) is 5.56 Å². The van der Waals surface area contributed by atoms with Crippen LogP contribution in [0.25, 0.3) is 11.3 Å². The Balaban J connectivity index is 2.09. The van der Waals surface area contributed by atoms with Crippen molar-refractivity contribution in [2.75, 3.05) is 11.9 Å². The quantitative estimate of drug-likeness (QED) is 0.900. The van der Waals surface area contributed by atoms with Crippen molar-refractivity contribution in [3.05, 3.63) is 42.5 Å². The molecule has 0 saturated carbocycles. The number of aromatic nitrogens is 2. The van der Waals surface area contributed by atoms with Gasteiger partial charge >= 0.3 is 6.09 Å². The highest BCUT2D eigenvalue weighted by Gasteiger charge is 2.04. The summed E-state index contributed by atoms with van der Waals surface area (Å²) in [6.45, 7) is 2.06. The van der Waals surface area contributed by atoms with E-state index in [-0.39, 0.29) is 0 Å². The Bertz CT molecular complexity index is 512. The van der Waals surface area contributed by atoms with Crippen molar-refractivity contribution in [2.45, 2.75) is 6.92 Å². The van der Waals surface area contributed by atoms with E-state index in [1.807, 2.05) is 30.3 Å². The summed E-state index contributed by atoms with van der Waals surface area (Å²) in [5.74, 6) is 0.369. The van der Waals surface area contributed by atoms with Gasteiger partial charge in [0.05, 0.1) is 12.3 Å². The third-order valence-electron chi connectivity index (χ3n) is 2.24. The average molecular weight is 243 g/mol. The molecule has 0 fully saturated rings. The van der Waals surface area contributed by atoms with E-state index >= 15 is 0 Å². The maximum Gasteiger partial charge on any atom is 0.412 e. The molecule has 1 aromatic carbocycles. The Morgan fingerprint density at radius 2 is 1.94 bits per heavy atom. The lowest BCUT2D eigenvalue weighted by Crippen LogP contribution is -2.14. The van der Waals surface area contributed by atoms with Crippen molar-refractivity contribution in [2.24, 2.45) is 0 Å². The normalized spacial score (nSPS) is 9.83. The maximum atomic E-state index is 11.2. The van der Waals surface area contributed by atoms with Crippen LogP contribution in [-0.2, 0) is 4.74 Å². The zero-order valence-electron chi connectivity index (χ0n) is 9.96. The lowest BCUT2D eigenvalue weighted by atomic mass is 10.1. The van der Waals surface area contributed by atoms with E-state index in [0.717, 1.165) is 11.3 Å². The molecular formula is C13H13N3O2. The predicted molar refractivity (Wildman–Crippen MR) is 68.1 cm³/mol. The molecule has 5 nitrogen and oxygen atoms in total. The number of hydrogen-bond donors (Lipinski definition) is 1. The molecule has 1 N–H and O–H groups in total. The van der Waals surface area contributed by atoms with Crippen LogP contribution in [0.4, 0.5) is 10.6 Å². The lowest BCUT2D eigenvalue weighted by molar-refractivity contribution is 0.168. The van der Waals surface area contributed by atoms with Gasteiger partial charge in [-0.1, -0.05) is 30.3 Å². The maximum absolute atomic E-state index is 11.2. The topological polar surface area (TPSA) is 64.1 Å². The van der Waals surface area contributed by atoms with E-state index in [2.05, 4.69) is 15.5 Å². The SMILES string of the molecule is CCOC(=O)Nc1ccc(-c2ccccc2)nn1. The highest BCUT2D eigenvalue weighted by atomic mass is 16.5. The van der Waals surface area contributed by atoms with Gasteiger partial charge in [0.15, 0.2) is 5.82 Å². The zero-order valence-corrected chi connectivity index (χ0v) is 9.96. The third kappa shape index (κ3) is 3.04. The van der Waals surface area contributed by atoms with Crippen LogP contribution in [0.1, 0.15) is 6.92 Å². The fourth-order valence-electron chi connectivity index (χ4n) is 1.43. The summed E-state index contributed by atoms with van der Waals surface area (Å²) in [7, 11) is 0. The van der Waals surface area contributed by atoms with Crippen LogP contribution >= 0.6 is 0 Å². The Labute approximate surface area is 105 Å². The van der Waals surface area contributed by atoms with E-state index in [1.54, 1.807) is 19.1 Å². The Morgan fingerprint density at radius 1 is 1.17 bits per heavy atom. The monoisotopic (exact) mass is 243 g/mol. The van der Waals surface area contributed by atoms with Crippen LogP contribution in [0.2, 0.25) is 0 Å². The summed E-state index contributed by atoms with van der Waals surface area (Å²) in [6, 6.07) is 13.2. The van der Waals surface area contributed by atoms with E-state index in [4.69, 9.17) is 4.74 Å². The zero-order chi connectivity index (χ0) is 12.8. The molecular weight excluding hydrogens is 230 g/mol. The standard InChI is InChI=1S/C13H13N3O2/c1-2-18-13(17)14-12-9-8-11(15-16-12)10-6-4-3-5-7-10/h3-9H,2H2,1H3,(H,14,16,17). The van der Waals surface area contributed by atoms with Crippen LogP contribution < -0.4 is 5.32 Å². The first kappa shape index (κ1) is 12.0. The summed E-state index contributed by atoms with van der Waals surface area (Å²) in [5, 5.41) is 10.4. The summed E-state index contributed by atoms with van der Waals surface area (Å²) < 4.78 is 4.74. The molecule has 0 saturated heterocycles. The molecule has 2 rings (SSSR count). The predicted octanol–water partition coefficient (Wildman–Crippen LogP) is 2.71. The van der Waals surface area contributed by atoms with Gasteiger partial charge in [-0.3, -0.25) is 5.32 Å². The first-order valence-corrected chi connectivity index (χ1v) is 5.62. The van der Waals surface area contributed by atoms with Crippen molar-refractivity contribution in [1.82, 2.24) is 10.2 Å². The highest BCUT2D eigenvalue weighted by Crippen LogP contribution is 2.16. The average Bonchev–Trinajstić information content (AvgIpc) is 2.41. The van der Waals surface area contributed by atoms with Crippen molar-refractivity contribution in [3.63, 3.8) is 0 Å². The van der Waals surface area contributed by atoms with Gasteiger partial charge in [0.25, 0.3) is 0 Å². The third-order valence-corrected chi connectivity index (χ3v) is 2.24. The molecule has 1 heterocycles. The number of hydrogen-bond acceptors (Lipinski definition) is 4. The summed E-state index contributed by atoms with van der Waals surface area (Å²) in [5.41, 5.74) is 1.73. The number of amides is 1. The fourth-order valence-corrected chi connectivity index (χ4v) is 1.43. The Hall–Kier alpha value is -2.43. The second-order valence-corrected chi connectivity index (χ2v) is 3.52. The molecule has 0 unspecified atom stereocenters. The van der Waals surface area contributed by atoms with Crippen molar-refractivity contribution in [1.29, 1.82) is 0 Å². The Morgan fingerprint density at radius 3 is 2.56 bits per heavy atom. The number of ether oxygens (including phenoxy) is 1. The number of carbonyl (C=O) groups is 1. The lowest BCUT2D eigenvalue weighted by Gasteiger charge is -2.04. The van der Waals surface area contributed by atoms with Crippen LogP contribution in [0.15, 0.2) is 42.5 Å². The molecule has 5 heteroatoms. The molecule has 1 aromatic heterocycles. The number of nitrogens with zero attached hydrogens (tertiary/aromatic N) is 2. The summed E-state index contributed by atoms with van der Waals surface area (Å²) >= 11 is 0. The largest absolute Gasteiger partial charge is 0.450 e. The van der Waals surface area contributed by atoms with Gasteiger partial charge in [0.2, 0.25) is 0 Å². The van der Waals surface area contributed by atoms with E-state index in [0.29, 0.717) is 12.4 Å². The van der Waals surface area contributed by atoms with Crippen LogP contribution in [0.5, 0.6) is 0 Å². The van der Waals surface area contributed by atoms with Gasteiger partial charge in [-0.25, -0.2) is 4.79 Å². The first-order valence-electron chi connectivity index (χ1n) is 5.62. The highest BCUT2D eigenvalue weighted by molar-refractivity contribution is 5.83. The molecule has 0 aliphatic heterocycles. The number of benzene rings is 1. The van der Waals surface area contributed by atoms with Crippen molar-refractivity contribution < 1.29 is 9.53 Å². The summed E-state index contributed by atoms with van der Waals surface area (Å²) in [4.78, 5) is 11.2. The minimum absolute atomic E-state index is 0.321. The molecule has 0 aliphatic carbocycles. The van der Waals surface area contributed by atoms with Crippen molar-refractivity contribution in [3.8, 4) is 11.3 Å². The molecule has 0 radical (unpaired) electrons.